The molecule has 0 aliphatic carbocycles. The fourth-order valence-corrected chi connectivity index (χ4v) is 2.54. The van der Waals surface area contributed by atoms with Crippen LogP contribution in [0.1, 0.15) is 36.7 Å². The molecule has 2 aromatic carbocycles. The molecule has 0 aliphatic heterocycles. The highest BCUT2D eigenvalue weighted by atomic mass is 19.4. The van der Waals surface area contributed by atoms with Crippen molar-refractivity contribution in [2.75, 3.05) is 24.2 Å². The summed E-state index contributed by atoms with van der Waals surface area (Å²) >= 11 is 0. The highest BCUT2D eigenvalue weighted by Gasteiger charge is 2.30. The molecule has 7 nitrogen and oxygen atoms in total. The number of likely N-dealkylation sites (N-methyl/N-ethyl adjacent to an activating group) is 1. The predicted molar refractivity (Wildman–Crippen MR) is 113 cm³/mol. The number of nitrogens with one attached hydrogen (secondary N) is 2. The second kappa shape index (κ2) is 9.71. The largest absolute Gasteiger partial charge is 0.444 e. The van der Waals surface area contributed by atoms with E-state index in [1.807, 2.05) is 0 Å². The molecule has 2 N–H and O–H groups in total. The van der Waals surface area contributed by atoms with E-state index in [0.717, 1.165) is 17.0 Å². The first-order chi connectivity index (χ1) is 14.7. The summed E-state index contributed by atoms with van der Waals surface area (Å²) in [6, 6.07) is 10.1. The van der Waals surface area contributed by atoms with Crippen LogP contribution in [-0.4, -0.2) is 42.0 Å². The summed E-state index contributed by atoms with van der Waals surface area (Å²) in [6.45, 7) is 4.83. The van der Waals surface area contributed by atoms with E-state index < -0.39 is 35.2 Å². The van der Waals surface area contributed by atoms with E-state index in [9.17, 15) is 27.6 Å². The van der Waals surface area contributed by atoms with Crippen molar-refractivity contribution < 1.29 is 32.3 Å². The zero-order valence-corrected chi connectivity index (χ0v) is 18.0. The van der Waals surface area contributed by atoms with Gasteiger partial charge in [-0.1, -0.05) is 12.1 Å². The molecule has 0 spiro atoms. The van der Waals surface area contributed by atoms with E-state index in [1.165, 1.54) is 43.4 Å². The number of alkyl halides is 3. The fraction of sp³-hybridized carbons (Fsp3) is 0.318. The standard InChI is InChI=1S/C22H24F3N3O4/c1-21(2,3)32-20(31)28(4)13-18(29)26-16-9-5-7-14(11-16)19(30)27-17-10-6-8-15(12-17)22(23,24)25/h5-12H,13H2,1-4H3,(H,26,29)(H,27,30). The van der Waals surface area contributed by atoms with Crippen LogP contribution in [-0.2, 0) is 15.7 Å². The number of halogens is 3. The number of hydrogen-bond acceptors (Lipinski definition) is 4. The van der Waals surface area contributed by atoms with Gasteiger partial charge in [-0.05, 0) is 57.2 Å². The molecule has 3 amide bonds. The molecule has 10 heteroatoms. The van der Waals surface area contributed by atoms with Crippen LogP contribution in [0.5, 0.6) is 0 Å². The summed E-state index contributed by atoms with van der Waals surface area (Å²) < 4.78 is 43.7. The molecule has 0 heterocycles. The average Bonchev–Trinajstić information content (AvgIpc) is 2.66. The highest BCUT2D eigenvalue weighted by Crippen LogP contribution is 2.30. The molecular weight excluding hydrogens is 427 g/mol. The quantitative estimate of drug-likeness (QED) is 0.686. The van der Waals surface area contributed by atoms with Gasteiger partial charge < -0.3 is 20.3 Å². The molecule has 0 bridgehead atoms. The summed E-state index contributed by atoms with van der Waals surface area (Å²) in [6.07, 6.45) is -5.20. The minimum atomic E-state index is -4.53. The van der Waals surface area contributed by atoms with E-state index in [2.05, 4.69) is 10.6 Å². The van der Waals surface area contributed by atoms with Crippen LogP contribution >= 0.6 is 0 Å². The van der Waals surface area contributed by atoms with Crippen molar-refractivity contribution in [3.05, 3.63) is 59.7 Å². The summed E-state index contributed by atoms with van der Waals surface area (Å²) in [5.41, 5.74) is -1.20. The second-order valence-corrected chi connectivity index (χ2v) is 8.00. The van der Waals surface area contributed by atoms with Gasteiger partial charge in [0, 0.05) is 24.0 Å². The Labute approximate surface area is 183 Å². The Balaban J connectivity index is 2.02. The Morgan fingerprint density at radius 1 is 0.938 bits per heavy atom. The number of anilines is 2. The normalized spacial score (nSPS) is 11.5. The summed E-state index contributed by atoms with van der Waals surface area (Å²) in [5.74, 6) is -1.17. The maximum Gasteiger partial charge on any atom is 0.416 e. The van der Waals surface area contributed by atoms with Gasteiger partial charge in [0.15, 0.2) is 0 Å². The Morgan fingerprint density at radius 2 is 1.53 bits per heavy atom. The lowest BCUT2D eigenvalue weighted by Gasteiger charge is -2.24. The van der Waals surface area contributed by atoms with Crippen molar-refractivity contribution in [1.29, 1.82) is 0 Å². The molecule has 2 rings (SSSR count). The van der Waals surface area contributed by atoms with E-state index in [-0.39, 0.29) is 23.5 Å². The topological polar surface area (TPSA) is 87.7 Å². The Kier molecular flexibility index (Phi) is 7.50. The first-order valence-electron chi connectivity index (χ1n) is 9.57. The minimum absolute atomic E-state index is 0.0155. The lowest BCUT2D eigenvalue weighted by molar-refractivity contribution is -0.137. The van der Waals surface area contributed by atoms with Gasteiger partial charge in [0.25, 0.3) is 5.91 Å². The lowest BCUT2D eigenvalue weighted by Crippen LogP contribution is -2.38. The molecule has 0 aliphatic rings. The number of hydrogen-bond donors (Lipinski definition) is 2. The summed E-state index contributed by atoms with van der Waals surface area (Å²) in [4.78, 5) is 37.7. The zero-order chi connectivity index (χ0) is 24.1. The van der Waals surface area contributed by atoms with Gasteiger partial charge in [0.2, 0.25) is 5.91 Å². The summed E-state index contributed by atoms with van der Waals surface area (Å²) in [7, 11) is 1.41. The van der Waals surface area contributed by atoms with E-state index in [0.29, 0.717) is 0 Å². The molecule has 0 saturated carbocycles. The second-order valence-electron chi connectivity index (χ2n) is 8.00. The number of ether oxygens (including phenoxy) is 1. The SMILES string of the molecule is CN(CC(=O)Nc1cccc(C(=O)Nc2cccc(C(F)(F)F)c2)c1)C(=O)OC(C)(C)C. The third-order valence-electron chi connectivity index (χ3n) is 3.94. The first-order valence-corrected chi connectivity index (χ1v) is 9.57. The predicted octanol–water partition coefficient (Wildman–Crippen LogP) is 4.76. The van der Waals surface area contributed by atoms with Crippen LogP contribution in [0.3, 0.4) is 0 Å². The van der Waals surface area contributed by atoms with E-state index >= 15 is 0 Å². The Hall–Kier alpha value is -3.56. The van der Waals surface area contributed by atoms with Crippen molar-refractivity contribution >= 4 is 29.3 Å². The number of benzene rings is 2. The third kappa shape index (κ3) is 7.60. The smallest absolute Gasteiger partial charge is 0.416 e. The van der Waals surface area contributed by atoms with Crippen molar-refractivity contribution in [2.45, 2.75) is 32.5 Å². The number of amides is 3. The van der Waals surface area contributed by atoms with Gasteiger partial charge in [0.05, 0.1) is 5.56 Å². The third-order valence-corrected chi connectivity index (χ3v) is 3.94. The van der Waals surface area contributed by atoms with Crippen molar-refractivity contribution in [3.63, 3.8) is 0 Å². The molecule has 172 valence electrons. The maximum atomic E-state index is 12.8. The zero-order valence-electron chi connectivity index (χ0n) is 18.0. The number of carbonyl (C=O) groups is 3. The minimum Gasteiger partial charge on any atom is -0.444 e. The lowest BCUT2D eigenvalue weighted by atomic mass is 10.1. The molecule has 2 aromatic rings. The van der Waals surface area contributed by atoms with Gasteiger partial charge >= 0.3 is 12.3 Å². The fourth-order valence-electron chi connectivity index (χ4n) is 2.54. The Morgan fingerprint density at radius 3 is 2.12 bits per heavy atom. The number of nitrogens with zero attached hydrogens (tertiary/aromatic N) is 1. The van der Waals surface area contributed by atoms with E-state index in [1.54, 1.807) is 20.8 Å². The number of rotatable bonds is 5. The number of carbonyl (C=O) groups excluding carboxylic acids is 3. The Bertz CT molecular complexity index is 1000. The highest BCUT2D eigenvalue weighted by molar-refractivity contribution is 6.05. The monoisotopic (exact) mass is 451 g/mol. The molecule has 32 heavy (non-hydrogen) atoms. The average molecular weight is 451 g/mol. The van der Waals surface area contributed by atoms with Crippen LogP contribution < -0.4 is 10.6 Å². The van der Waals surface area contributed by atoms with Gasteiger partial charge in [-0.2, -0.15) is 13.2 Å². The molecule has 0 saturated heterocycles. The van der Waals surface area contributed by atoms with Crippen molar-refractivity contribution in [1.82, 2.24) is 4.90 Å². The van der Waals surface area contributed by atoms with Crippen LogP contribution in [0.4, 0.5) is 29.3 Å². The molecule has 0 radical (unpaired) electrons. The van der Waals surface area contributed by atoms with Gasteiger partial charge in [-0.15, -0.1) is 0 Å². The molecule has 0 fully saturated rings. The van der Waals surface area contributed by atoms with E-state index in [4.69, 9.17) is 4.74 Å². The van der Waals surface area contributed by atoms with Gasteiger partial charge in [-0.25, -0.2) is 4.79 Å². The molecule has 0 unspecified atom stereocenters. The van der Waals surface area contributed by atoms with Crippen molar-refractivity contribution in [3.8, 4) is 0 Å². The molecule has 0 atom stereocenters. The van der Waals surface area contributed by atoms with Gasteiger partial charge in [-0.3, -0.25) is 9.59 Å². The summed E-state index contributed by atoms with van der Waals surface area (Å²) in [5, 5.41) is 4.96. The van der Waals surface area contributed by atoms with Crippen LogP contribution in [0, 0.1) is 0 Å². The van der Waals surface area contributed by atoms with Crippen LogP contribution in [0.15, 0.2) is 48.5 Å². The first kappa shape index (κ1) is 24.7. The van der Waals surface area contributed by atoms with Crippen LogP contribution in [0.2, 0.25) is 0 Å². The van der Waals surface area contributed by atoms with Gasteiger partial charge in [0.1, 0.15) is 12.1 Å². The molecule has 0 aromatic heterocycles. The molecular formula is C22H24F3N3O4. The van der Waals surface area contributed by atoms with Crippen molar-refractivity contribution in [2.24, 2.45) is 0 Å². The maximum absolute atomic E-state index is 12.8. The van der Waals surface area contributed by atoms with Crippen LogP contribution in [0.25, 0.3) is 0 Å².